The standard InChI is InChI=1S/C27H24FN3O3/c1-34-23-13-11-22(12-14-23)31-26(32)24(19-7-9-20(28)10-8-19)25(27(31)33)30-17-15-29(16-18-30)21-5-3-2-4-6-21/h2-14H,15-18H2,1H3. The summed E-state index contributed by atoms with van der Waals surface area (Å²) < 4.78 is 18.8. The SMILES string of the molecule is COc1ccc(N2C(=O)C(c3ccc(F)cc3)=C(N3CCN(c4ccccc4)CC3)C2=O)cc1. The van der Waals surface area contributed by atoms with Gasteiger partial charge >= 0.3 is 0 Å². The number of imide groups is 1. The molecule has 3 aromatic rings. The third-order valence-electron chi connectivity index (χ3n) is 6.24. The van der Waals surface area contributed by atoms with Crippen molar-refractivity contribution in [1.29, 1.82) is 0 Å². The summed E-state index contributed by atoms with van der Waals surface area (Å²) in [6.45, 7) is 2.61. The molecule has 0 unspecified atom stereocenters. The predicted octanol–water partition coefficient (Wildman–Crippen LogP) is 3.94. The van der Waals surface area contributed by atoms with Gasteiger partial charge < -0.3 is 14.5 Å². The van der Waals surface area contributed by atoms with Crippen LogP contribution in [0.15, 0.2) is 84.6 Å². The van der Waals surface area contributed by atoms with Gasteiger partial charge in [0.2, 0.25) is 0 Å². The van der Waals surface area contributed by atoms with Crippen LogP contribution < -0.4 is 14.5 Å². The topological polar surface area (TPSA) is 53.1 Å². The summed E-state index contributed by atoms with van der Waals surface area (Å²) in [6, 6.07) is 22.6. The summed E-state index contributed by atoms with van der Waals surface area (Å²) in [5.74, 6) is -0.553. The summed E-state index contributed by atoms with van der Waals surface area (Å²) >= 11 is 0. The minimum atomic E-state index is -0.415. The molecule has 34 heavy (non-hydrogen) atoms. The molecule has 0 aromatic heterocycles. The molecule has 2 aliphatic rings. The van der Waals surface area contributed by atoms with Gasteiger partial charge in [-0.05, 0) is 54.1 Å². The lowest BCUT2D eigenvalue weighted by atomic mass is 10.0. The molecule has 5 rings (SSSR count). The highest BCUT2D eigenvalue weighted by Gasteiger charge is 2.43. The number of nitrogens with zero attached hydrogens (tertiary/aromatic N) is 3. The number of hydrogen-bond donors (Lipinski definition) is 0. The van der Waals surface area contributed by atoms with E-state index >= 15 is 0 Å². The molecule has 2 amide bonds. The van der Waals surface area contributed by atoms with Gasteiger partial charge in [0.25, 0.3) is 11.8 Å². The van der Waals surface area contributed by atoms with Gasteiger partial charge in [-0.2, -0.15) is 0 Å². The number of anilines is 2. The highest BCUT2D eigenvalue weighted by Crippen LogP contribution is 2.36. The number of carbonyl (C=O) groups is 2. The minimum Gasteiger partial charge on any atom is -0.497 e. The normalized spacial score (nSPS) is 16.5. The maximum atomic E-state index is 13.7. The average Bonchev–Trinajstić information content (AvgIpc) is 3.15. The smallest absolute Gasteiger partial charge is 0.282 e. The molecule has 1 fully saturated rings. The van der Waals surface area contributed by atoms with Crippen LogP contribution >= 0.6 is 0 Å². The summed E-state index contributed by atoms with van der Waals surface area (Å²) in [5.41, 5.74) is 2.78. The number of para-hydroxylation sites is 1. The molecule has 6 nitrogen and oxygen atoms in total. The molecule has 2 heterocycles. The molecule has 0 atom stereocenters. The van der Waals surface area contributed by atoms with Crippen LogP contribution in [-0.4, -0.2) is 50.0 Å². The van der Waals surface area contributed by atoms with Gasteiger partial charge in [-0.3, -0.25) is 9.59 Å². The number of halogens is 1. The second kappa shape index (κ2) is 9.02. The zero-order valence-electron chi connectivity index (χ0n) is 18.8. The van der Waals surface area contributed by atoms with Crippen LogP contribution in [0.25, 0.3) is 5.57 Å². The first-order valence-corrected chi connectivity index (χ1v) is 11.1. The summed E-state index contributed by atoms with van der Waals surface area (Å²) in [6.07, 6.45) is 0. The maximum absolute atomic E-state index is 13.7. The van der Waals surface area contributed by atoms with Crippen molar-refractivity contribution in [3.63, 3.8) is 0 Å². The molecule has 0 aliphatic carbocycles. The first kappa shape index (κ1) is 21.7. The molecule has 3 aromatic carbocycles. The van der Waals surface area contributed by atoms with Crippen molar-refractivity contribution in [2.24, 2.45) is 0 Å². The van der Waals surface area contributed by atoms with Gasteiger partial charge in [0, 0.05) is 31.9 Å². The molecular weight excluding hydrogens is 433 g/mol. The first-order chi connectivity index (χ1) is 16.6. The van der Waals surface area contributed by atoms with Crippen LogP contribution in [0.4, 0.5) is 15.8 Å². The number of hydrogen-bond acceptors (Lipinski definition) is 5. The van der Waals surface area contributed by atoms with Crippen molar-refractivity contribution in [1.82, 2.24) is 4.90 Å². The second-order valence-electron chi connectivity index (χ2n) is 8.18. The third-order valence-corrected chi connectivity index (χ3v) is 6.24. The van der Waals surface area contributed by atoms with E-state index in [1.807, 2.05) is 23.1 Å². The molecular formula is C27H24FN3O3. The van der Waals surface area contributed by atoms with Crippen molar-refractivity contribution in [3.05, 3.63) is 95.9 Å². The number of ether oxygens (including phenoxy) is 1. The predicted molar refractivity (Wildman–Crippen MR) is 129 cm³/mol. The number of rotatable bonds is 5. The quantitative estimate of drug-likeness (QED) is 0.544. The van der Waals surface area contributed by atoms with Gasteiger partial charge in [-0.15, -0.1) is 0 Å². The Balaban J connectivity index is 1.49. The van der Waals surface area contributed by atoms with Crippen molar-refractivity contribution in [3.8, 4) is 5.75 Å². The van der Waals surface area contributed by atoms with Gasteiger partial charge in [0.1, 0.15) is 17.3 Å². The lowest BCUT2D eigenvalue weighted by molar-refractivity contribution is -0.120. The monoisotopic (exact) mass is 457 g/mol. The Bertz CT molecular complexity index is 1230. The Morgan fingerprint density at radius 2 is 1.32 bits per heavy atom. The molecule has 0 N–H and O–H groups in total. The van der Waals surface area contributed by atoms with E-state index in [1.165, 1.54) is 17.0 Å². The zero-order valence-corrected chi connectivity index (χ0v) is 18.8. The molecule has 0 radical (unpaired) electrons. The molecule has 0 spiro atoms. The zero-order chi connectivity index (χ0) is 23.7. The molecule has 0 bridgehead atoms. The minimum absolute atomic E-state index is 0.300. The van der Waals surface area contributed by atoms with Crippen molar-refractivity contribution >= 4 is 28.8 Å². The van der Waals surface area contributed by atoms with Crippen LogP contribution in [0, 0.1) is 5.82 Å². The highest BCUT2D eigenvalue weighted by molar-refractivity contribution is 6.45. The second-order valence-corrected chi connectivity index (χ2v) is 8.18. The fourth-order valence-corrected chi connectivity index (χ4v) is 4.48. The lowest BCUT2D eigenvalue weighted by Crippen LogP contribution is -2.47. The third kappa shape index (κ3) is 3.90. The van der Waals surface area contributed by atoms with E-state index in [0.717, 1.165) is 5.69 Å². The van der Waals surface area contributed by atoms with Gasteiger partial charge in [-0.1, -0.05) is 30.3 Å². The van der Waals surface area contributed by atoms with E-state index < -0.39 is 11.7 Å². The summed E-state index contributed by atoms with van der Waals surface area (Å²) in [4.78, 5) is 32.7. The van der Waals surface area contributed by atoms with E-state index in [-0.39, 0.29) is 5.91 Å². The van der Waals surface area contributed by atoms with Crippen LogP contribution in [0.3, 0.4) is 0 Å². The van der Waals surface area contributed by atoms with Gasteiger partial charge in [0.15, 0.2) is 0 Å². The molecule has 172 valence electrons. The summed E-state index contributed by atoms with van der Waals surface area (Å²) in [7, 11) is 1.56. The molecule has 1 saturated heterocycles. The Kier molecular flexibility index (Phi) is 5.76. The van der Waals surface area contributed by atoms with E-state index in [9.17, 15) is 14.0 Å². The largest absolute Gasteiger partial charge is 0.497 e. The van der Waals surface area contributed by atoms with Crippen molar-refractivity contribution < 1.29 is 18.7 Å². The van der Waals surface area contributed by atoms with Crippen LogP contribution in [-0.2, 0) is 9.59 Å². The molecule has 7 heteroatoms. The summed E-state index contributed by atoms with van der Waals surface area (Å²) in [5, 5.41) is 0. The number of amides is 2. The average molecular weight is 458 g/mol. The van der Waals surface area contributed by atoms with Gasteiger partial charge in [0.05, 0.1) is 18.4 Å². The van der Waals surface area contributed by atoms with E-state index in [0.29, 0.717) is 54.4 Å². The van der Waals surface area contributed by atoms with Crippen molar-refractivity contribution in [2.45, 2.75) is 0 Å². The lowest BCUT2D eigenvalue weighted by Gasteiger charge is -2.37. The Morgan fingerprint density at radius 3 is 1.94 bits per heavy atom. The number of carbonyl (C=O) groups excluding carboxylic acids is 2. The maximum Gasteiger partial charge on any atom is 0.282 e. The molecule has 2 aliphatic heterocycles. The van der Waals surface area contributed by atoms with Crippen LogP contribution in [0.1, 0.15) is 5.56 Å². The van der Waals surface area contributed by atoms with Crippen LogP contribution in [0.2, 0.25) is 0 Å². The number of methoxy groups -OCH3 is 1. The number of piperazine rings is 1. The first-order valence-electron chi connectivity index (χ1n) is 11.1. The Morgan fingerprint density at radius 1 is 0.706 bits per heavy atom. The fourth-order valence-electron chi connectivity index (χ4n) is 4.48. The van der Waals surface area contributed by atoms with Crippen LogP contribution in [0.5, 0.6) is 5.75 Å². The highest BCUT2D eigenvalue weighted by atomic mass is 19.1. The Hall–Kier alpha value is -4.13. The van der Waals surface area contributed by atoms with E-state index in [4.69, 9.17) is 4.74 Å². The van der Waals surface area contributed by atoms with Gasteiger partial charge in [-0.25, -0.2) is 9.29 Å². The number of benzene rings is 3. The fraction of sp³-hybridized carbons (Fsp3) is 0.185. The molecule has 0 saturated carbocycles. The Labute approximate surface area is 197 Å². The van der Waals surface area contributed by atoms with E-state index in [2.05, 4.69) is 17.0 Å². The van der Waals surface area contributed by atoms with E-state index in [1.54, 1.807) is 43.5 Å². The van der Waals surface area contributed by atoms with Crippen molar-refractivity contribution in [2.75, 3.05) is 43.1 Å².